The van der Waals surface area contributed by atoms with Crippen molar-refractivity contribution in [3.05, 3.63) is 59.1 Å². The molecule has 0 fully saturated rings. The highest BCUT2D eigenvalue weighted by molar-refractivity contribution is 6.30. The number of carbonyl (C=O) groups excluding carboxylic acids is 1. The van der Waals surface area contributed by atoms with Crippen molar-refractivity contribution in [1.82, 2.24) is 20.2 Å². The number of benzene rings is 1. The van der Waals surface area contributed by atoms with Crippen molar-refractivity contribution in [3.63, 3.8) is 0 Å². The first-order chi connectivity index (χ1) is 12.1. The number of nitrogens with two attached hydrogens (primary N) is 1. The van der Waals surface area contributed by atoms with E-state index in [2.05, 4.69) is 25.5 Å². The van der Waals surface area contributed by atoms with Gasteiger partial charge in [0.2, 0.25) is 0 Å². The van der Waals surface area contributed by atoms with E-state index in [0.29, 0.717) is 34.3 Å². The maximum Gasteiger partial charge on any atom is 0.404 e. The van der Waals surface area contributed by atoms with Crippen molar-refractivity contribution in [2.75, 3.05) is 5.32 Å². The summed E-state index contributed by atoms with van der Waals surface area (Å²) >= 11 is 5.86. The van der Waals surface area contributed by atoms with Crippen molar-refractivity contribution in [1.29, 1.82) is 0 Å². The van der Waals surface area contributed by atoms with Crippen LogP contribution in [0.3, 0.4) is 0 Å². The Kier molecular flexibility index (Phi) is 5.10. The quantitative estimate of drug-likeness (QED) is 0.623. The molecule has 3 aromatic rings. The Morgan fingerprint density at radius 1 is 1.28 bits per heavy atom. The molecule has 3 rings (SSSR count). The fourth-order valence-electron chi connectivity index (χ4n) is 2.16. The van der Waals surface area contributed by atoms with Crippen LogP contribution in [-0.4, -0.2) is 26.3 Å². The molecular weight excluding hydrogens is 344 g/mol. The van der Waals surface area contributed by atoms with Gasteiger partial charge in [-0.15, -0.1) is 0 Å². The molecule has 2 heterocycles. The Morgan fingerprint density at radius 3 is 2.84 bits per heavy atom. The first-order valence-corrected chi connectivity index (χ1v) is 7.76. The number of hydrogen-bond acceptors (Lipinski definition) is 6. The molecule has 128 valence electrons. The monoisotopic (exact) mass is 358 g/mol. The van der Waals surface area contributed by atoms with Gasteiger partial charge in [0.05, 0.1) is 6.54 Å². The van der Waals surface area contributed by atoms with Crippen LogP contribution in [0.15, 0.2) is 42.7 Å². The molecule has 0 unspecified atom stereocenters. The van der Waals surface area contributed by atoms with Gasteiger partial charge in [-0.2, -0.15) is 5.10 Å². The van der Waals surface area contributed by atoms with E-state index in [-0.39, 0.29) is 6.61 Å². The molecule has 0 atom stereocenters. The van der Waals surface area contributed by atoms with E-state index >= 15 is 0 Å². The zero-order chi connectivity index (χ0) is 17.6. The zero-order valence-electron chi connectivity index (χ0n) is 13.1. The molecule has 8 nitrogen and oxygen atoms in total. The highest BCUT2D eigenvalue weighted by Gasteiger charge is 2.12. The molecule has 9 heteroatoms. The molecule has 0 saturated carbocycles. The Hall–Kier alpha value is -3.13. The number of aromatic amines is 1. The van der Waals surface area contributed by atoms with Crippen LogP contribution in [0.4, 0.5) is 10.5 Å². The third-order valence-electron chi connectivity index (χ3n) is 3.35. The number of pyridine rings is 1. The topological polar surface area (TPSA) is 119 Å². The van der Waals surface area contributed by atoms with Gasteiger partial charge in [0.25, 0.3) is 0 Å². The maximum absolute atomic E-state index is 10.8. The number of nitrogens with zero attached hydrogens (tertiary/aromatic N) is 3. The van der Waals surface area contributed by atoms with Crippen molar-refractivity contribution < 1.29 is 9.53 Å². The number of nitrogens with one attached hydrogen (secondary N) is 2. The maximum atomic E-state index is 10.8. The number of rotatable bonds is 6. The van der Waals surface area contributed by atoms with Crippen LogP contribution in [0, 0.1) is 0 Å². The standard InChI is InChI=1S/C16H15ClN6O2/c17-11-1-3-12(4-2-11)20-8-14-21-15(23-22-14)13-5-6-19-7-10(13)9-25-16(18)24/h1-7,20H,8-9H2,(H2,18,24)(H,21,22,23). The van der Waals surface area contributed by atoms with Gasteiger partial charge in [0, 0.05) is 34.2 Å². The van der Waals surface area contributed by atoms with E-state index < -0.39 is 6.09 Å². The largest absolute Gasteiger partial charge is 0.445 e. The van der Waals surface area contributed by atoms with Gasteiger partial charge in [-0.1, -0.05) is 11.6 Å². The summed E-state index contributed by atoms with van der Waals surface area (Å²) in [5.41, 5.74) is 7.30. The lowest BCUT2D eigenvalue weighted by Gasteiger charge is -2.05. The van der Waals surface area contributed by atoms with Crippen LogP contribution in [0.5, 0.6) is 0 Å². The molecule has 0 radical (unpaired) electrons. The Morgan fingerprint density at radius 2 is 2.08 bits per heavy atom. The normalized spacial score (nSPS) is 10.4. The van der Waals surface area contributed by atoms with E-state index in [4.69, 9.17) is 22.1 Å². The summed E-state index contributed by atoms with van der Waals surface area (Å²) in [6, 6.07) is 9.11. The van der Waals surface area contributed by atoms with Crippen molar-refractivity contribution in [2.24, 2.45) is 5.73 Å². The fourth-order valence-corrected chi connectivity index (χ4v) is 2.28. The predicted octanol–water partition coefficient (Wildman–Crippen LogP) is 2.73. The Bertz CT molecular complexity index is 865. The molecule has 25 heavy (non-hydrogen) atoms. The minimum Gasteiger partial charge on any atom is -0.445 e. The lowest BCUT2D eigenvalue weighted by atomic mass is 10.1. The van der Waals surface area contributed by atoms with Crippen molar-refractivity contribution >= 4 is 23.4 Å². The summed E-state index contributed by atoms with van der Waals surface area (Å²) in [7, 11) is 0. The predicted molar refractivity (Wildman–Crippen MR) is 92.8 cm³/mol. The minimum atomic E-state index is -0.849. The smallest absolute Gasteiger partial charge is 0.404 e. The number of aromatic nitrogens is 4. The van der Waals surface area contributed by atoms with E-state index in [0.717, 1.165) is 5.69 Å². The number of halogens is 1. The second-order valence-electron chi connectivity index (χ2n) is 5.11. The number of ether oxygens (including phenoxy) is 1. The number of anilines is 1. The van der Waals surface area contributed by atoms with Crippen LogP contribution in [-0.2, 0) is 17.9 Å². The molecular formula is C16H15ClN6O2. The highest BCUT2D eigenvalue weighted by atomic mass is 35.5. The molecule has 1 amide bonds. The van der Waals surface area contributed by atoms with Gasteiger partial charge >= 0.3 is 6.09 Å². The molecule has 0 saturated heterocycles. The molecule has 1 aromatic carbocycles. The SMILES string of the molecule is NC(=O)OCc1cnccc1-c1n[nH]c(CNc2ccc(Cl)cc2)n1. The lowest BCUT2D eigenvalue weighted by molar-refractivity contribution is 0.150. The number of carbonyl (C=O) groups is 1. The van der Waals surface area contributed by atoms with Crippen molar-refractivity contribution in [3.8, 4) is 11.4 Å². The average Bonchev–Trinajstić information content (AvgIpc) is 3.08. The van der Waals surface area contributed by atoms with Crippen molar-refractivity contribution in [2.45, 2.75) is 13.2 Å². The number of H-pyrrole nitrogens is 1. The Labute approximate surface area is 148 Å². The number of amides is 1. The van der Waals surface area contributed by atoms with Gasteiger partial charge in [0.15, 0.2) is 5.82 Å². The molecule has 0 aliphatic carbocycles. The van der Waals surface area contributed by atoms with Crippen LogP contribution in [0.25, 0.3) is 11.4 Å². The molecule has 4 N–H and O–H groups in total. The molecule has 0 spiro atoms. The second kappa shape index (κ2) is 7.63. The van der Waals surface area contributed by atoms with Gasteiger partial charge in [-0.3, -0.25) is 10.1 Å². The number of hydrogen-bond donors (Lipinski definition) is 3. The molecule has 2 aromatic heterocycles. The van der Waals surface area contributed by atoms with Gasteiger partial charge in [-0.05, 0) is 30.3 Å². The molecule has 0 bridgehead atoms. The first-order valence-electron chi connectivity index (χ1n) is 7.38. The summed E-state index contributed by atoms with van der Waals surface area (Å²) in [5, 5.41) is 11.0. The molecule has 0 aliphatic heterocycles. The average molecular weight is 359 g/mol. The second-order valence-corrected chi connectivity index (χ2v) is 5.54. The summed E-state index contributed by atoms with van der Waals surface area (Å²) < 4.78 is 4.82. The van der Waals surface area contributed by atoms with E-state index in [1.54, 1.807) is 30.6 Å². The molecule has 0 aliphatic rings. The third kappa shape index (κ3) is 4.45. The number of primary amides is 1. The summed E-state index contributed by atoms with van der Waals surface area (Å²) in [4.78, 5) is 19.3. The summed E-state index contributed by atoms with van der Waals surface area (Å²) in [6.45, 7) is 0.470. The zero-order valence-corrected chi connectivity index (χ0v) is 13.8. The Balaban J connectivity index is 1.71. The lowest BCUT2D eigenvalue weighted by Crippen LogP contribution is -2.13. The fraction of sp³-hybridized carbons (Fsp3) is 0.125. The van der Waals surface area contributed by atoms with Crippen LogP contribution < -0.4 is 11.1 Å². The minimum absolute atomic E-state index is 0.00536. The van der Waals surface area contributed by atoms with E-state index in [1.165, 1.54) is 0 Å². The van der Waals surface area contributed by atoms with E-state index in [9.17, 15) is 4.79 Å². The highest BCUT2D eigenvalue weighted by Crippen LogP contribution is 2.20. The van der Waals surface area contributed by atoms with E-state index in [1.807, 2.05) is 12.1 Å². The summed E-state index contributed by atoms with van der Waals surface area (Å²) in [5.74, 6) is 1.14. The van der Waals surface area contributed by atoms with Gasteiger partial charge in [-0.25, -0.2) is 9.78 Å². The van der Waals surface area contributed by atoms with Crippen LogP contribution >= 0.6 is 11.6 Å². The van der Waals surface area contributed by atoms with Crippen LogP contribution in [0.1, 0.15) is 11.4 Å². The van der Waals surface area contributed by atoms with Gasteiger partial charge in [0.1, 0.15) is 12.4 Å². The summed E-state index contributed by atoms with van der Waals surface area (Å²) in [6.07, 6.45) is 2.35. The van der Waals surface area contributed by atoms with Gasteiger partial charge < -0.3 is 15.8 Å². The third-order valence-corrected chi connectivity index (χ3v) is 3.60. The van der Waals surface area contributed by atoms with Crippen LogP contribution in [0.2, 0.25) is 5.02 Å². The first kappa shape index (κ1) is 16.7.